The van der Waals surface area contributed by atoms with Gasteiger partial charge in [0.15, 0.2) is 18.1 Å². The lowest BCUT2D eigenvalue weighted by Gasteiger charge is -2.21. The monoisotopic (exact) mass is 444 g/mol. The number of nitrogens with one attached hydrogen (secondary N) is 2. The van der Waals surface area contributed by atoms with E-state index in [0.717, 1.165) is 5.56 Å². The fourth-order valence-corrected chi connectivity index (χ4v) is 3.43. The summed E-state index contributed by atoms with van der Waals surface area (Å²) in [4.78, 5) is 39.9. The van der Waals surface area contributed by atoms with Crippen LogP contribution in [0.15, 0.2) is 18.2 Å². The molecule has 172 valence electrons. The average Bonchev–Trinajstić information content (AvgIpc) is 3.05. The third-order valence-electron chi connectivity index (χ3n) is 4.97. The van der Waals surface area contributed by atoms with Crippen molar-refractivity contribution >= 4 is 17.8 Å². The van der Waals surface area contributed by atoms with Crippen molar-refractivity contribution in [2.45, 2.75) is 46.8 Å². The maximum atomic E-state index is 12.5. The quantitative estimate of drug-likeness (QED) is 0.631. The van der Waals surface area contributed by atoms with Crippen LogP contribution < -0.4 is 14.8 Å². The van der Waals surface area contributed by atoms with Crippen LogP contribution in [0.4, 0.5) is 0 Å². The van der Waals surface area contributed by atoms with Gasteiger partial charge in [-0.1, -0.05) is 6.07 Å². The maximum Gasteiger partial charge on any atom is 0.355 e. The number of aromatic nitrogens is 1. The van der Waals surface area contributed by atoms with Gasteiger partial charge in [-0.3, -0.25) is 4.79 Å². The minimum atomic E-state index is -0.726. The average molecular weight is 444 g/mol. The van der Waals surface area contributed by atoms with Crippen LogP contribution in [0.25, 0.3) is 0 Å². The summed E-state index contributed by atoms with van der Waals surface area (Å²) in [5.41, 5.74) is 2.16. The minimum Gasteiger partial charge on any atom is -0.486 e. The van der Waals surface area contributed by atoms with Crippen LogP contribution in [-0.4, -0.2) is 48.8 Å². The second-order valence-corrected chi connectivity index (χ2v) is 7.85. The van der Waals surface area contributed by atoms with E-state index in [1.165, 1.54) is 0 Å². The number of aromatic amines is 1. The number of rotatable bonds is 7. The van der Waals surface area contributed by atoms with Crippen molar-refractivity contribution in [2.24, 2.45) is 0 Å². The van der Waals surface area contributed by atoms with E-state index >= 15 is 0 Å². The lowest BCUT2D eigenvalue weighted by atomic mass is 10.1. The summed E-state index contributed by atoms with van der Waals surface area (Å²) in [6.07, 6.45) is -0.286. The molecule has 3 rings (SSSR count). The molecule has 9 heteroatoms. The Balaban J connectivity index is 1.58. The Labute approximate surface area is 186 Å². The molecular formula is C23H28N2O7. The van der Waals surface area contributed by atoms with Crippen LogP contribution in [0.1, 0.15) is 64.5 Å². The van der Waals surface area contributed by atoms with Gasteiger partial charge in [-0.2, -0.15) is 0 Å². The fourth-order valence-electron chi connectivity index (χ4n) is 3.43. The predicted octanol–water partition coefficient (Wildman–Crippen LogP) is 3.00. The number of esters is 2. The lowest BCUT2D eigenvalue weighted by Crippen LogP contribution is -2.31. The molecule has 0 spiro atoms. The number of fused-ring (bicyclic) bond motifs is 1. The van der Waals surface area contributed by atoms with Gasteiger partial charge in [0.05, 0.1) is 17.7 Å². The van der Waals surface area contributed by atoms with E-state index in [2.05, 4.69) is 10.3 Å². The molecule has 2 heterocycles. The van der Waals surface area contributed by atoms with Crippen LogP contribution in [0.2, 0.25) is 0 Å². The van der Waals surface area contributed by atoms with Crippen LogP contribution in [0.5, 0.6) is 11.5 Å². The second-order valence-electron chi connectivity index (χ2n) is 7.85. The molecule has 1 aliphatic heterocycles. The molecule has 0 unspecified atom stereocenters. The number of aryl methyl sites for hydroxylation is 1. The van der Waals surface area contributed by atoms with Gasteiger partial charge in [-0.15, -0.1) is 0 Å². The van der Waals surface area contributed by atoms with Crippen molar-refractivity contribution in [3.05, 3.63) is 46.3 Å². The second kappa shape index (κ2) is 9.76. The summed E-state index contributed by atoms with van der Waals surface area (Å²) in [6.45, 7) is 9.12. The zero-order chi connectivity index (χ0) is 23.4. The normalized spacial score (nSPS) is 13.4. The van der Waals surface area contributed by atoms with E-state index in [9.17, 15) is 14.4 Å². The molecule has 1 aromatic heterocycles. The summed E-state index contributed by atoms with van der Waals surface area (Å²) < 4.78 is 21.4. The van der Waals surface area contributed by atoms with Gasteiger partial charge in [-0.05, 0) is 57.9 Å². The molecule has 1 amide bonds. The summed E-state index contributed by atoms with van der Waals surface area (Å²) in [5.74, 6) is -0.403. The van der Waals surface area contributed by atoms with E-state index in [0.29, 0.717) is 41.5 Å². The van der Waals surface area contributed by atoms with Crippen LogP contribution in [0.3, 0.4) is 0 Å². The third kappa shape index (κ3) is 5.22. The number of carbonyl (C=O) groups excluding carboxylic acids is 3. The molecule has 0 fully saturated rings. The first kappa shape index (κ1) is 23.2. The van der Waals surface area contributed by atoms with Crippen molar-refractivity contribution < 1.29 is 33.3 Å². The Morgan fingerprint density at radius 2 is 1.75 bits per heavy atom. The number of ether oxygens (including phenoxy) is 4. The van der Waals surface area contributed by atoms with Crippen molar-refractivity contribution in [2.75, 3.05) is 19.8 Å². The van der Waals surface area contributed by atoms with Gasteiger partial charge in [0.1, 0.15) is 18.9 Å². The van der Waals surface area contributed by atoms with E-state index in [1.54, 1.807) is 33.8 Å². The van der Waals surface area contributed by atoms with E-state index in [-0.39, 0.29) is 17.8 Å². The van der Waals surface area contributed by atoms with Crippen LogP contribution in [0, 0.1) is 13.8 Å². The first-order chi connectivity index (χ1) is 15.2. The number of carbonyl (C=O) groups is 3. The summed E-state index contributed by atoms with van der Waals surface area (Å²) >= 11 is 0. The highest BCUT2D eigenvalue weighted by atomic mass is 16.6. The van der Waals surface area contributed by atoms with E-state index in [1.807, 2.05) is 19.1 Å². The van der Waals surface area contributed by atoms with Crippen molar-refractivity contribution in [1.82, 2.24) is 10.3 Å². The Bertz CT molecular complexity index is 1030. The Morgan fingerprint density at radius 1 is 1.06 bits per heavy atom. The zero-order valence-corrected chi connectivity index (χ0v) is 18.9. The van der Waals surface area contributed by atoms with Gasteiger partial charge in [0.2, 0.25) is 0 Å². The molecule has 0 saturated carbocycles. The smallest absolute Gasteiger partial charge is 0.355 e. The molecule has 0 bridgehead atoms. The molecule has 32 heavy (non-hydrogen) atoms. The highest BCUT2D eigenvalue weighted by Gasteiger charge is 2.25. The van der Waals surface area contributed by atoms with Gasteiger partial charge in [-0.25, -0.2) is 9.59 Å². The van der Waals surface area contributed by atoms with Gasteiger partial charge in [0, 0.05) is 5.69 Å². The van der Waals surface area contributed by atoms with Crippen molar-refractivity contribution in [3.8, 4) is 11.5 Å². The molecule has 9 nitrogen and oxygen atoms in total. The van der Waals surface area contributed by atoms with E-state index in [4.69, 9.17) is 18.9 Å². The SMILES string of the molecule is Cc1[nH]c(C(=O)OCC(=O)N[C@@H](C)c2ccc3c(c2)OCCO3)c(C)c1C(=O)OC(C)C. The Hall–Kier alpha value is -3.49. The summed E-state index contributed by atoms with van der Waals surface area (Å²) in [6, 6.07) is 5.12. The predicted molar refractivity (Wildman–Crippen MR) is 115 cm³/mol. The fraction of sp³-hybridized carbons (Fsp3) is 0.435. The molecule has 2 aromatic rings. The van der Waals surface area contributed by atoms with E-state index < -0.39 is 24.5 Å². The number of H-pyrrole nitrogens is 1. The number of amides is 1. The van der Waals surface area contributed by atoms with Gasteiger partial charge < -0.3 is 29.2 Å². The molecule has 1 aromatic carbocycles. The van der Waals surface area contributed by atoms with Crippen LogP contribution >= 0.6 is 0 Å². The van der Waals surface area contributed by atoms with Crippen molar-refractivity contribution in [1.29, 1.82) is 0 Å². The number of hydrogen-bond acceptors (Lipinski definition) is 7. The molecule has 0 saturated heterocycles. The standard InChI is InChI=1S/C23H28N2O7/c1-12(2)32-22(27)20-13(3)21(25-15(20)5)23(28)31-11-19(26)24-14(4)16-6-7-17-18(10-16)30-9-8-29-17/h6-7,10,12,14,25H,8-9,11H2,1-5H3,(H,24,26)/t14-/m0/s1. The molecule has 1 atom stereocenters. The Morgan fingerprint density at radius 3 is 2.44 bits per heavy atom. The van der Waals surface area contributed by atoms with Gasteiger partial charge in [0.25, 0.3) is 5.91 Å². The minimum absolute atomic E-state index is 0.117. The molecule has 0 radical (unpaired) electrons. The third-order valence-corrected chi connectivity index (χ3v) is 4.97. The van der Waals surface area contributed by atoms with Crippen molar-refractivity contribution in [3.63, 3.8) is 0 Å². The molecule has 0 aliphatic carbocycles. The largest absolute Gasteiger partial charge is 0.486 e. The maximum absolute atomic E-state index is 12.5. The Kier molecular flexibility index (Phi) is 7.07. The number of hydrogen-bond donors (Lipinski definition) is 2. The topological polar surface area (TPSA) is 116 Å². The molecular weight excluding hydrogens is 416 g/mol. The highest BCUT2D eigenvalue weighted by Crippen LogP contribution is 2.32. The molecule has 2 N–H and O–H groups in total. The summed E-state index contributed by atoms with van der Waals surface area (Å²) in [5, 5.41) is 2.78. The lowest BCUT2D eigenvalue weighted by molar-refractivity contribution is -0.124. The van der Waals surface area contributed by atoms with Crippen LogP contribution in [-0.2, 0) is 14.3 Å². The number of benzene rings is 1. The first-order valence-electron chi connectivity index (χ1n) is 10.4. The first-order valence-corrected chi connectivity index (χ1v) is 10.4. The zero-order valence-electron chi connectivity index (χ0n) is 18.9. The molecule has 1 aliphatic rings. The highest BCUT2D eigenvalue weighted by molar-refractivity contribution is 5.99. The summed E-state index contributed by atoms with van der Waals surface area (Å²) in [7, 11) is 0. The van der Waals surface area contributed by atoms with Gasteiger partial charge >= 0.3 is 11.9 Å².